The summed E-state index contributed by atoms with van der Waals surface area (Å²) >= 11 is 4.75. The van der Waals surface area contributed by atoms with Gasteiger partial charge in [0.15, 0.2) is 16.8 Å². The third-order valence-electron chi connectivity index (χ3n) is 3.99. The summed E-state index contributed by atoms with van der Waals surface area (Å²) < 4.78 is 8.67. The number of nitrogens with zero attached hydrogens (tertiary/aromatic N) is 3. The van der Waals surface area contributed by atoms with Crippen LogP contribution in [0.2, 0.25) is 0 Å². The van der Waals surface area contributed by atoms with Gasteiger partial charge in [-0.05, 0) is 49.2 Å². The van der Waals surface area contributed by atoms with Crippen LogP contribution in [0.5, 0.6) is 5.75 Å². The molecular formula is C20H20BrN3O2S. The summed E-state index contributed by atoms with van der Waals surface area (Å²) in [7, 11) is 1.88. The Labute approximate surface area is 171 Å². The van der Waals surface area contributed by atoms with E-state index in [0.717, 1.165) is 21.3 Å². The first-order chi connectivity index (χ1) is 12.9. The molecule has 27 heavy (non-hydrogen) atoms. The zero-order chi connectivity index (χ0) is 19.4. The number of carbonyl (C=O) groups excluding carboxylic acids is 1. The molecule has 1 aromatic heterocycles. The van der Waals surface area contributed by atoms with Crippen molar-refractivity contribution in [1.82, 2.24) is 14.8 Å². The van der Waals surface area contributed by atoms with E-state index in [-0.39, 0.29) is 5.78 Å². The summed E-state index contributed by atoms with van der Waals surface area (Å²) in [6.07, 6.45) is 0. The van der Waals surface area contributed by atoms with Gasteiger partial charge in [-0.15, -0.1) is 10.2 Å². The van der Waals surface area contributed by atoms with Gasteiger partial charge in [0.05, 0.1) is 5.75 Å². The van der Waals surface area contributed by atoms with Crippen molar-refractivity contribution in [3.63, 3.8) is 0 Å². The highest BCUT2D eigenvalue weighted by molar-refractivity contribution is 9.10. The average Bonchev–Trinajstić information content (AvgIpc) is 2.97. The fraction of sp³-hybridized carbons (Fsp3) is 0.250. The molecule has 0 spiro atoms. The van der Waals surface area contributed by atoms with Gasteiger partial charge in [-0.25, -0.2) is 0 Å². The van der Waals surface area contributed by atoms with Crippen molar-refractivity contribution in [2.75, 3.05) is 5.75 Å². The number of ketones is 1. The molecule has 7 heteroatoms. The van der Waals surface area contributed by atoms with E-state index < -0.39 is 0 Å². The number of halogens is 1. The third kappa shape index (κ3) is 5.20. The van der Waals surface area contributed by atoms with Crippen LogP contribution in [0.4, 0.5) is 0 Å². The molecule has 0 N–H and O–H groups in total. The summed E-state index contributed by atoms with van der Waals surface area (Å²) in [6, 6.07) is 13.4. The van der Waals surface area contributed by atoms with Gasteiger partial charge < -0.3 is 9.30 Å². The first-order valence-electron chi connectivity index (χ1n) is 8.43. The van der Waals surface area contributed by atoms with Crippen molar-refractivity contribution in [1.29, 1.82) is 0 Å². The molecule has 0 aliphatic rings. The van der Waals surface area contributed by atoms with Crippen molar-refractivity contribution in [3.05, 3.63) is 69.5 Å². The summed E-state index contributed by atoms with van der Waals surface area (Å²) in [4.78, 5) is 12.3. The fourth-order valence-corrected chi connectivity index (χ4v) is 3.70. The normalized spacial score (nSPS) is 10.8. The van der Waals surface area contributed by atoms with Crippen LogP contribution < -0.4 is 4.74 Å². The van der Waals surface area contributed by atoms with Crippen LogP contribution in [0.15, 0.2) is 52.1 Å². The largest absolute Gasteiger partial charge is 0.486 e. The molecule has 0 unspecified atom stereocenters. The second-order valence-electron chi connectivity index (χ2n) is 6.29. The van der Waals surface area contributed by atoms with E-state index in [1.807, 2.05) is 61.9 Å². The number of aromatic nitrogens is 3. The Morgan fingerprint density at radius 2 is 1.78 bits per heavy atom. The van der Waals surface area contributed by atoms with Crippen LogP contribution in [0.3, 0.4) is 0 Å². The number of hydrogen-bond donors (Lipinski definition) is 0. The minimum atomic E-state index is 0.0588. The highest BCUT2D eigenvalue weighted by Crippen LogP contribution is 2.21. The predicted molar refractivity (Wildman–Crippen MR) is 110 cm³/mol. The Morgan fingerprint density at radius 3 is 2.44 bits per heavy atom. The Bertz CT molecular complexity index is 934. The number of thioether (sulfide) groups is 1. The van der Waals surface area contributed by atoms with Crippen LogP contribution >= 0.6 is 27.7 Å². The minimum Gasteiger partial charge on any atom is -0.486 e. The standard InChI is InChI=1S/C20H20BrN3O2S/c1-13-8-14(2)10-17(9-13)26-11-19-22-23-20(24(19)3)27-12-18(25)15-4-6-16(21)7-5-15/h4-10H,11-12H2,1-3H3. The first kappa shape index (κ1) is 19.6. The molecule has 0 fully saturated rings. The fourth-order valence-electron chi connectivity index (χ4n) is 2.61. The molecule has 0 amide bonds. The third-order valence-corrected chi connectivity index (χ3v) is 5.54. The van der Waals surface area contributed by atoms with Gasteiger partial charge in [-0.1, -0.05) is 45.9 Å². The average molecular weight is 446 g/mol. The number of carbonyl (C=O) groups is 1. The van der Waals surface area contributed by atoms with Crippen LogP contribution in [0.25, 0.3) is 0 Å². The lowest BCUT2D eigenvalue weighted by Crippen LogP contribution is -2.06. The van der Waals surface area contributed by atoms with Crippen LogP contribution in [0.1, 0.15) is 27.3 Å². The summed E-state index contributed by atoms with van der Waals surface area (Å²) in [6.45, 7) is 4.41. The first-order valence-corrected chi connectivity index (χ1v) is 10.2. The lowest BCUT2D eigenvalue weighted by molar-refractivity contribution is 0.102. The van der Waals surface area contributed by atoms with Gasteiger partial charge in [-0.3, -0.25) is 4.79 Å². The molecule has 140 valence electrons. The molecule has 0 radical (unpaired) electrons. The van der Waals surface area contributed by atoms with Gasteiger partial charge in [0.25, 0.3) is 0 Å². The van der Waals surface area contributed by atoms with E-state index in [2.05, 4.69) is 32.2 Å². The molecule has 3 rings (SSSR count). The number of benzene rings is 2. The smallest absolute Gasteiger partial charge is 0.191 e. The van der Waals surface area contributed by atoms with Crippen LogP contribution in [-0.4, -0.2) is 26.3 Å². The molecule has 2 aromatic carbocycles. The predicted octanol–water partition coefficient (Wildman–Crippen LogP) is 4.75. The molecular weight excluding hydrogens is 426 g/mol. The van der Waals surface area contributed by atoms with Crippen LogP contribution in [-0.2, 0) is 13.7 Å². The molecule has 0 saturated heterocycles. The SMILES string of the molecule is Cc1cc(C)cc(OCc2nnc(SCC(=O)c3ccc(Br)cc3)n2C)c1. The Kier molecular flexibility index (Phi) is 6.34. The lowest BCUT2D eigenvalue weighted by Gasteiger charge is -2.08. The summed E-state index contributed by atoms with van der Waals surface area (Å²) in [5, 5.41) is 9.06. The van der Waals surface area contributed by atoms with Crippen molar-refractivity contribution in [3.8, 4) is 5.75 Å². The zero-order valence-electron chi connectivity index (χ0n) is 15.4. The van der Waals surface area contributed by atoms with E-state index in [9.17, 15) is 4.79 Å². The second kappa shape index (κ2) is 8.71. The maximum absolute atomic E-state index is 12.3. The maximum Gasteiger partial charge on any atom is 0.191 e. The van der Waals surface area contributed by atoms with E-state index in [0.29, 0.717) is 28.9 Å². The van der Waals surface area contributed by atoms with Gasteiger partial charge in [0.1, 0.15) is 12.4 Å². The van der Waals surface area contributed by atoms with E-state index in [4.69, 9.17) is 4.74 Å². The number of ether oxygens (including phenoxy) is 1. The molecule has 1 heterocycles. The molecule has 0 aliphatic carbocycles. The molecule has 0 aliphatic heterocycles. The number of hydrogen-bond acceptors (Lipinski definition) is 5. The summed E-state index contributed by atoms with van der Waals surface area (Å²) in [5.74, 6) is 1.90. The summed E-state index contributed by atoms with van der Waals surface area (Å²) in [5.41, 5.74) is 3.00. The van der Waals surface area contributed by atoms with Gasteiger partial charge >= 0.3 is 0 Å². The maximum atomic E-state index is 12.3. The minimum absolute atomic E-state index is 0.0588. The number of rotatable bonds is 7. The van der Waals surface area contributed by atoms with Crippen molar-refractivity contribution in [2.24, 2.45) is 7.05 Å². The van der Waals surface area contributed by atoms with Crippen molar-refractivity contribution < 1.29 is 9.53 Å². The van der Waals surface area contributed by atoms with E-state index in [1.54, 1.807) is 0 Å². The molecule has 0 atom stereocenters. The molecule has 0 saturated carbocycles. The lowest BCUT2D eigenvalue weighted by atomic mass is 10.1. The van der Waals surface area contributed by atoms with E-state index >= 15 is 0 Å². The Balaban J connectivity index is 1.59. The zero-order valence-corrected chi connectivity index (χ0v) is 17.8. The van der Waals surface area contributed by atoms with Gasteiger partial charge in [-0.2, -0.15) is 0 Å². The number of aryl methyl sites for hydroxylation is 2. The number of Topliss-reactive ketones (excluding diaryl/α,β-unsaturated/α-hetero) is 1. The van der Waals surface area contributed by atoms with E-state index in [1.165, 1.54) is 11.8 Å². The topological polar surface area (TPSA) is 57.0 Å². The molecule has 0 bridgehead atoms. The van der Waals surface area contributed by atoms with Crippen molar-refractivity contribution in [2.45, 2.75) is 25.6 Å². The van der Waals surface area contributed by atoms with Crippen LogP contribution in [0, 0.1) is 13.8 Å². The second-order valence-corrected chi connectivity index (χ2v) is 8.15. The Hall–Kier alpha value is -2.12. The highest BCUT2D eigenvalue weighted by Gasteiger charge is 2.13. The molecule has 3 aromatic rings. The quantitative estimate of drug-likeness (QED) is 0.387. The Morgan fingerprint density at radius 1 is 1.11 bits per heavy atom. The monoisotopic (exact) mass is 445 g/mol. The van der Waals surface area contributed by atoms with Gasteiger partial charge in [0.2, 0.25) is 0 Å². The van der Waals surface area contributed by atoms with Gasteiger partial charge in [0, 0.05) is 17.1 Å². The molecule has 5 nitrogen and oxygen atoms in total. The highest BCUT2D eigenvalue weighted by atomic mass is 79.9. The van der Waals surface area contributed by atoms with Crippen molar-refractivity contribution >= 4 is 33.5 Å².